The minimum atomic E-state index is -0.371. The summed E-state index contributed by atoms with van der Waals surface area (Å²) in [6, 6.07) is 21.4. The fourth-order valence-electron chi connectivity index (χ4n) is 3.99. The predicted octanol–water partition coefficient (Wildman–Crippen LogP) is 6.53. The van der Waals surface area contributed by atoms with Crippen LogP contribution in [0.2, 0.25) is 0 Å². The molecular formula is C29H29NO4S. The Hall–Kier alpha value is -3.51. The zero-order valence-electron chi connectivity index (χ0n) is 20.2. The second kappa shape index (κ2) is 10.8. The van der Waals surface area contributed by atoms with Gasteiger partial charge in [0.2, 0.25) is 0 Å². The Balaban J connectivity index is 1.45. The SMILES string of the molecule is Cc1ccc(C(C)C)c(OCCN2C(=O)S/C(=C\c3cc(Cc4ccccc4)ccc3O)C2=O)c1. The first-order valence-corrected chi connectivity index (χ1v) is 12.5. The minimum absolute atomic E-state index is 0.0672. The molecule has 0 atom stereocenters. The molecule has 0 radical (unpaired) electrons. The zero-order valence-corrected chi connectivity index (χ0v) is 21.0. The van der Waals surface area contributed by atoms with Crippen molar-refractivity contribution in [2.45, 2.75) is 33.1 Å². The van der Waals surface area contributed by atoms with Crippen LogP contribution < -0.4 is 4.74 Å². The monoisotopic (exact) mass is 487 g/mol. The Labute approximate surface area is 210 Å². The predicted molar refractivity (Wildman–Crippen MR) is 141 cm³/mol. The highest BCUT2D eigenvalue weighted by molar-refractivity contribution is 8.18. The lowest BCUT2D eigenvalue weighted by Crippen LogP contribution is -2.32. The van der Waals surface area contributed by atoms with E-state index in [1.165, 1.54) is 4.90 Å². The van der Waals surface area contributed by atoms with Gasteiger partial charge < -0.3 is 9.84 Å². The van der Waals surface area contributed by atoms with Gasteiger partial charge in [-0.25, -0.2) is 0 Å². The number of phenols is 1. The lowest BCUT2D eigenvalue weighted by molar-refractivity contribution is -0.123. The highest BCUT2D eigenvalue weighted by atomic mass is 32.2. The summed E-state index contributed by atoms with van der Waals surface area (Å²) >= 11 is 0.884. The number of phenolic OH excluding ortho intramolecular Hbond substituents is 1. The molecule has 0 aliphatic carbocycles. The Morgan fingerprint density at radius 3 is 2.51 bits per heavy atom. The normalized spacial score (nSPS) is 14.9. The van der Waals surface area contributed by atoms with Crippen LogP contribution in [0.25, 0.3) is 6.08 Å². The number of aromatic hydroxyl groups is 1. The second-order valence-corrected chi connectivity index (χ2v) is 9.93. The largest absolute Gasteiger partial charge is 0.507 e. The standard InChI is InChI=1S/C29H29NO4S/c1-19(2)24-11-9-20(3)15-26(24)34-14-13-30-28(32)27(35-29(30)33)18-23-17-22(10-12-25(23)31)16-21-7-5-4-6-8-21/h4-12,15,17-19,31H,13-14,16H2,1-3H3/b27-18-. The molecule has 1 N–H and O–H groups in total. The highest BCUT2D eigenvalue weighted by Gasteiger charge is 2.35. The van der Waals surface area contributed by atoms with Crippen molar-refractivity contribution in [1.82, 2.24) is 4.90 Å². The van der Waals surface area contributed by atoms with Crippen molar-refractivity contribution in [3.8, 4) is 11.5 Å². The van der Waals surface area contributed by atoms with Crippen LogP contribution in [0.5, 0.6) is 11.5 Å². The van der Waals surface area contributed by atoms with Gasteiger partial charge >= 0.3 is 0 Å². The van der Waals surface area contributed by atoms with Crippen molar-refractivity contribution in [3.05, 3.63) is 99.5 Å². The summed E-state index contributed by atoms with van der Waals surface area (Å²) in [4.78, 5) is 27.0. The van der Waals surface area contributed by atoms with Gasteiger partial charge in [-0.2, -0.15) is 0 Å². The molecule has 180 valence electrons. The van der Waals surface area contributed by atoms with Gasteiger partial charge in [-0.1, -0.05) is 62.4 Å². The lowest BCUT2D eigenvalue weighted by Gasteiger charge is -2.17. The fraction of sp³-hybridized carbons (Fsp3) is 0.241. The maximum atomic E-state index is 13.0. The van der Waals surface area contributed by atoms with E-state index in [0.29, 0.717) is 22.8 Å². The van der Waals surface area contributed by atoms with Gasteiger partial charge in [-0.05, 0) is 77.6 Å². The molecule has 0 saturated carbocycles. The summed E-state index contributed by atoms with van der Waals surface area (Å²) in [5.41, 5.74) is 4.86. The summed E-state index contributed by atoms with van der Waals surface area (Å²) in [5.74, 6) is 0.779. The number of aryl methyl sites for hydroxylation is 1. The number of amides is 2. The molecule has 1 fully saturated rings. The number of carbonyl (C=O) groups excluding carboxylic acids is 2. The van der Waals surface area contributed by atoms with Gasteiger partial charge in [0.05, 0.1) is 11.4 Å². The first-order chi connectivity index (χ1) is 16.8. The number of benzene rings is 3. The van der Waals surface area contributed by atoms with Crippen molar-refractivity contribution in [1.29, 1.82) is 0 Å². The summed E-state index contributed by atoms with van der Waals surface area (Å²) in [7, 11) is 0. The molecule has 3 aromatic carbocycles. The van der Waals surface area contributed by atoms with E-state index >= 15 is 0 Å². The minimum Gasteiger partial charge on any atom is -0.507 e. The average molecular weight is 488 g/mol. The van der Waals surface area contributed by atoms with Crippen LogP contribution in [-0.2, 0) is 11.2 Å². The van der Waals surface area contributed by atoms with E-state index in [-0.39, 0.29) is 30.0 Å². The number of ether oxygens (including phenoxy) is 1. The van der Waals surface area contributed by atoms with Crippen LogP contribution in [-0.4, -0.2) is 34.3 Å². The highest BCUT2D eigenvalue weighted by Crippen LogP contribution is 2.34. The van der Waals surface area contributed by atoms with Crippen LogP contribution in [0, 0.1) is 6.92 Å². The number of carbonyl (C=O) groups is 2. The molecule has 1 aliphatic rings. The van der Waals surface area contributed by atoms with E-state index in [1.807, 2.05) is 61.5 Å². The molecule has 1 saturated heterocycles. The van der Waals surface area contributed by atoms with E-state index in [2.05, 4.69) is 19.9 Å². The number of hydrogen-bond acceptors (Lipinski definition) is 5. The third kappa shape index (κ3) is 5.95. The van der Waals surface area contributed by atoms with Crippen molar-refractivity contribution in [3.63, 3.8) is 0 Å². The number of rotatable bonds is 8. The van der Waals surface area contributed by atoms with Crippen LogP contribution >= 0.6 is 11.8 Å². The Kier molecular flexibility index (Phi) is 7.61. The number of imide groups is 1. The molecule has 4 rings (SSSR count). The Morgan fingerprint density at radius 1 is 1.00 bits per heavy atom. The Morgan fingerprint density at radius 2 is 1.77 bits per heavy atom. The molecule has 2 amide bonds. The van der Waals surface area contributed by atoms with E-state index in [1.54, 1.807) is 12.1 Å². The van der Waals surface area contributed by atoms with Gasteiger partial charge in [-0.15, -0.1) is 0 Å². The lowest BCUT2D eigenvalue weighted by atomic mass is 10.0. The first kappa shape index (κ1) is 24.6. The van der Waals surface area contributed by atoms with Gasteiger partial charge in [0.25, 0.3) is 11.1 Å². The zero-order chi connectivity index (χ0) is 24.9. The smallest absolute Gasteiger partial charge is 0.293 e. The molecule has 5 nitrogen and oxygen atoms in total. The summed E-state index contributed by atoms with van der Waals surface area (Å²) in [5, 5.41) is 10.0. The van der Waals surface area contributed by atoms with Crippen molar-refractivity contribution < 1.29 is 19.4 Å². The molecule has 6 heteroatoms. The topological polar surface area (TPSA) is 66.8 Å². The molecule has 0 aromatic heterocycles. The van der Waals surface area contributed by atoms with Crippen LogP contribution in [0.15, 0.2) is 71.6 Å². The Bertz CT molecular complexity index is 1270. The van der Waals surface area contributed by atoms with E-state index < -0.39 is 0 Å². The van der Waals surface area contributed by atoms with Crippen molar-refractivity contribution in [2.75, 3.05) is 13.2 Å². The molecule has 0 bridgehead atoms. The number of nitrogens with zero attached hydrogens (tertiary/aromatic N) is 1. The molecule has 0 unspecified atom stereocenters. The number of hydrogen-bond donors (Lipinski definition) is 1. The third-order valence-electron chi connectivity index (χ3n) is 5.87. The van der Waals surface area contributed by atoms with Crippen molar-refractivity contribution >= 4 is 29.0 Å². The van der Waals surface area contributed by atoms with Crippen LogP contribution in [0.4, 0.5) is 4.79 Å². The molecule has 1 heterocycles. The van der Waals surface area contributed by atoms with Gasteiger partial charge in [0.1, 0.15) is 18.1 Å². The van der Waals surface area contributed by atoms with Crippen LogP contribution in [0.1, 0.15) is 47.6 Å². The quantitative estimate of drug-likeness (QED) is 0.366. The maximum Gasteiger partial charge on any atom is 0.293 e. The maximum absolute atomic E-state index is 13.0. The second-order valence-electron chi connectivity index (χ2n) is 8.93. The van der Waals surface area contributed by atoms with Crippen molar-refractivity contribution in [2.24, 2.45) is 0 Å². The molecular weight excluding hydrogens is 458 g/mol. The molecule has 35 heavy (non-hydrogen) atoms. The van der Waals surface area contributed by atoms with Gasteiger partial charge in [-0.3, -0.25) is 14.5 Å². The summed E-state index contributed by atoms with van der Waals surface area (Å²) < 4.78 is 5.97. The van der Waals surface area contributed by atoms with Crippen LogP contribution in [0.3, 0.4) is 0 Å². The molecule has 0 spiro atoms. The first-order valence-electron chi connectivity index (χ1n) is 11.7. The third-order valence-corrected chi connectivity index (χ3v) is 6.77. The van der Waals surface area contributed by atoms with Gasteiger partial charge in [0, 0.05) is 5.56 Å². The number of thioether (sulfide) groups is 1. The average Bonchev–Trinajstić information content (AvgIpc) is 3.09. The van der Waals surface area contributed by atoms with E-state index in [4.69, 9.17) is 4.74 Å². The van der Waals surface area contributed by atoms with E-state index in [9.17, 15) is 14.7 Å². The molecule has 3 aromatic rings. The summed E-state index contributed by atoms with van der Waals surface area (Å²) in [6.45, 7) is 6.58. The fourth-order valence-corrected chi connectivity index (χ4v) is 4.84. The molecule has 1 aliphatic heterocycles. The van der Waals surface area contributed by atoms with Gasteiger partial charge in [0.15, 0.2) is 0 Å². The summed E-state index contributed by atoms with van der Waals surface area (Å²) in [6.07, 6.45) is 2.30. The van der Waals surface area contributed by atoms with E-state index in [0.717, 1.165) is 39.8 Å².